The van der Waals surface area contributed by atoms with E-state index in [0.29, 0.717) is 11.5 Å². The van der Waals surface area contributed by atoms with Crippen LogP contribution in [0.1, 0.15) is 24.2 Å². The van der Waals surface area contributed by atoms with E-state index in [-0.39, 0.29) is 5.97 Å². The number of rotatable bonds is 5. The average Bonchev–Trinajstić information content (AvgIpc) is 2.52. The van der Waals surface area contributed by atoms with E-state index >= 15 is 0 Å². The zero-order valence-corrected chi connectivity index (χ0v) is 12.3. The summed E-state index contributed by atoms with van der Waals surface area (Å²) >= 11 is 0. The van der Waals surface area contributed by atoms with E-state index in [4.69, 9.17) is 14.2 Å². The molecule has 0 N–H and O–H groups in total. The summed E-state index contributed by atoms with van der Waals surface area (Å²) in [6.45, 7) is 1.40. The van der Waals surface area contributed by atoms with Crippen LogP contribution in [0.2, 0.25) is 0 Å². The Balaban J connectivity index is 2.43. The Labute approximate surface area is 124 Å². The lowest BCUT2D eigenvalue weighted by atomic mass is 10.0. The number of hydrogen-bond acceptors (Lipinski definition) is 4. The summed E-state index contributed by atoms with van der Waals surface area (Å²) in [5.74, 6) is 1.09. The molecule has 21 heavy (non-hydrogen) atoms. The van der Waals surface area contributed by atoms with Crippen molar-refractivity contribution >= 4 is 5.97 Å². The third-order valence-corrected chi connectivity index (χ3v) is 3.08. The topological polar surface area (TPSA) is 44.8 Å². The number of esters is 1. The van der Waals surface area contributed by atoms with Crippen LogP contribution in [0.25, 0.3) is 0 Å². The van der Waals surface area contributed by atoms with Crippen molar-refractivity contribution in [1.29, 1.82) is 0 Å². The number of carbonyl (C=O) groups excluding carboxylic acids is 1. The zero-order valence-electron chi connectivity index (χ0n) is 12.3. The Bertz CT molecular complexity index is 574. The molecular weight excluding hydrogens is 268 g/mol. The number of ether oxygens (including phenoxy) is 3. The molecule has 0 saturated heterocycles. The summed E-state index contributed by atoms with van der Waals surface area (Å²) in [6, 6.07) is 14.9. The Morgan fingerprint density at radius 2 is 1.38 bits per heavy atom. The van der Waals surface area contributed by atoms with Crippen molar-refractivity contribution in [3.05, 3.63) is 59.7 Å². The van der Waals surface area contributed by atoms with Crippen molar-refractivity contribution in [2.45, 2.75) is 13.0 Å². The second-order valence-electron chi connectivity index (χ2n) is 4.54. The molecule has 0 aliphatic rings. The second kappa shape index (κ2) is 6.79. The van der Waals surface area contributed by atoms with E-state index < -0.39 is 6.10 Å². The van der Waals surface area contributed by atoms with Gasteiger partial charge in [-0.05, 0) is 24.3 Å². The molecule has 0 aliphatic carbocycles. The van der Waals surface area contributed by atoms with Crippen LogP contribution in [0.15, 0.2) is 48.5 Å². The van der Waals surface area contributed by atoms with E-state index in [0.717, 1.165) is 11.1 Å². The molecule has 0 aromatic heterocycles. The molecule has 4 nitrogen and oxygen atoms in total. The number of benzene rings is 2. The van der Waals surface area contributed by atoms with Crippen molar-refractivity contribution in [3.8, 4) is 11.5 Å². The number of methoxy groups -OCH3 is 2. The summed E-state index contributed by atoms with van der Waals surface area (Å²) < 4.78 is 15.9. The normalized spacial score (nSPS) is 10.3. The minimum absolute atomic E-state index is 0.342. The first-order valence-electron chi connectivity index (χ1n) is 6.59. The Morgan fingerprint density at radius 1 is 0.905 bits per heavy atom. The first-order valence-corrected chi connectivity index (χ1v) is 6.59. The van der Waals surface area contributed by atoms with Crippen LogP contribution in [0, 0.1) is 0 Å². The summed E-state index contributed by atoms with van der Waals surface area (Å²) in [5.41, 5.74) is 1.69. The van der Waals surface area contributed by atoms with Crippen LogP contribution in [0.5, 0.6) is 11.5 Å². The third kappa shape index (κ3) is 3.75. The summed E-state index contributed by atoms with van der Waals surface area (Å²) in [6.07, 6.45) is -0.493. The lowest BCUT2D eigenvalue weighted by Gasteiger charge is -2.19. The van der Waals surface area contributed by atoms with Gasteiger partial charge in [0.05, 0.1) is 14.2 Å². The highest BCUT2D eigenvalue weighted by molar-refractivity contribution is 5.67. The van der Waals surface area contributed by atoms with Gasteiger partial charge in [-0.25, -0.2) is 0 Å². The monoisotopic (exact) mass is 286 g/mol. The predicted molar refractivity (Wildman–Crippen MR) is 79.6 cm³/mol. The van der Waals surface area contributed by atoms with E-state index in [1.165, 1.54) is 6.92 Å². The Hall–Kier alpha value is -2.49. The van der Waals surface area contributed by atoms with Crippen molar-refractivity contribution in [2.24, 2.45) is 0 Å². The molecule has 2 rings (SSSR count). The van der Waals surface area contributed by atoms with Gasteiger partial charge in [0.2, 0.25) is 0 Å². The fourth-order valence-corrected chi connectivity index (χ4v) is 2.10. The second-order valence-corrected chi connectivity index (χ2v) is 4.54. The SMILES string of the molecule is COc1cccc(C(OC(C)=O)c2cccc(OC)c2)c1. The molecule has 2 aromatic rings. The van der Waals surface area contributed by atoms with Crippen LogP contribution in [-0.2, 0) is 9.53 Å². The third-order valence-electron chi connectivity index (χ3n) is 3.08. The Morgan fingerprint density at radius 3 is 1.76 bits per heavy atom. The molecule has 0 saturated carbocycles. The lowest BCUT2D eigenvalue weighted by molar-refractivity contribution is -0.144. The number of hydrogen-bond donors (Lipinski definition) is 0. The highest BCUT2D eigenvalue weighted by Crippen LogP contribution is 2.30. The van der Waals surface area contributed by atoms with Gasteiger partial charge in [-0.3, -0.25) is 4.79 Å². The van der Waals surface area contributed by atoms with Gasteiger partial charge in [-0.2, -0.15) is 0 Å². The van der Waals surface area contributed by atoms with Gasteiger partial charge < -0.3 is 14.2 Å². The van der Waals surface area contributed by atoms with E-state index in [2.05, 4.69) is 0 Å². The minimum Gasteiger partial charge on any atom is -0.497 e. The Kier molecular flexibility index (Phi) is 4.82. The molecule has 0 unspecified atom stereocenters. The van der Waals surface area contributed by atoms with Crippen molar-refractivity contribution in [3.63, 3.8) is 0 Å². The van der Waals surface area contributed by atoms with E-state index in [9.17, 15) is 4.79 Å². The van der Waals surface area contributed by atoms with E-state index in [1.807, 2.05) is 48.5 Å². The van der Waals surface area contributed by atoms with Crippen molar-refractivity contribution in [2.75, 3.05) is 14.2 Å². The molecule has 0 amide bonds. The van der Waals surface area contributed by atoms with Crippen LogP contribution >= 0.6 is 0 Å². The van der Waals surface area contributed by atoms with Crippen molar-refractivity contribution < 1.29 is 19.0 Å². The first-order chi connectivity index (χ1) is 10.1. The van der Waals surface area contributed by atoms with E-state index in [1.54, 1.807) is 14.2 Å². The van der Waals surface area contributed by atoms with Gasteiger partial charge in [-0.1, -0.05) is 24.3 Å². The van der Waals surface area contributed by atoms with Gasteiger partial charge in [0.1, 0.15) is 11.5 Å². The maximum absolute atomic E-state index is 11.4. The molecule has 0 spiro atoms. The molecule has 0 radical (unpaired) electrons. The molecule has 0 bridgehead atoms. The minimum atomic E-state index is -0.493. The average molecular weight is 286 g/mol. The van der Waals surface area contributed by atoms with Crippen molar-refractivity contribution in [1.82, 2.24) is 0 Å². The number of carbonyl (C=O) groups is 1. The quantitative estimate of drug-likeness (QED) is 0.791. The molecule has 110 valence electrons. The highest BCUT2D eigenvalue weighted by atomic mass is 16.5. The van der Waals surface area contributed by atoms with Gasteiger partial charge in [0, 0.05) is 18.1 Å². The predicted octanol–water partition coefficient (Wildman–Crippen LogP) is 3.36. The molecule has 4 heteroatoms. The van der Waals surface area contributed by atoms with Crippen LogP contribution in [-0.4, -0.2) is 20.2 Å². The maximum Gasteiger partial charge on any atom is 0.303 e. The van der Waals surface area contributed by atoms with Crippen LogP contribution < -0.4 is 9.47 Å². The smallest absolute Gasteiger partial charge is 0.303 e. The van der Waals surface area contributed by atoms with Gasteiger partial charge >= 0.3 is 5.97 Å². The molecule has 0 aliphatic heterocycles. The first kappa shape index (κ1) is 14.9. The molecule has 0 fully saturated rings. The largest absolute Gasteiger partial charge is 0.497 e. The zero-order chi connectivity index (χ0) is 15.2. The van der Waals surface area contributed by atoms with Crippen LogP contribution in [0.3, 0.4) is 0 Å². The van der Waals surface area contributed by atoms with Gasteiger partial charge in [0.25, 0.3) is 0 Å². The van der Waals surface area contributed by atoms with Crippen LogP contribution in [0.4, 0.5) is 0 Å². The fraction of sp³-hybridized carbons (Fsp3) is 0.235. The molecule has 0 heterocycles. The summed E-state index contributed by atoms with van der Waals surface area (Å²) in [4.78, 5) is 11.4. The molecule has 0 atom stereocenters. The summed E-state index contributed by atoms with van der Waals surface area (Å²) in [5, 5.41) is 0. The highest BCUT2D eigenvalue weighted by Gasteiger charge is 2.18. The molecule has 2 aromatic carbocycles. The lowest BCUT2D eigenvalue weighted by Crippen LogP contribution is -2.10. The summed E-state index contributed by atoms with van der Waals surface area (Å²) in [7, 11) is 3.21. The standard InChI is InChI=1S/C17H18O4/c1-12(18)21-17(13-6-4-8-15(10-13)19-2)14-7-5-9-16(11-14)20-3/h4-11,17H,1-3H3. The molecular formula is C17H18O4. The maximum atomic E-state index is 11.4. The fourth-order valence-electron chi connectivity index (χ4n) is 2.10. The van der Waals surface area contributed by atoms with Gasteiger partial charge in [-0.15, -0.1) is 0 Å². The van der Waals surface area contributed by atoms with Gasteiger partial charge in [0.15, 0.2) is 6.10 Å².